The van der Waals surface area contributed by atoms with E-state index in [1.807, 2.05) is 18.2 Å². The molecule has 0 aliphatic carbocycles. The van der Waals surface area contributed by atoms with Gasteiger partial charge in [0.05, 0.1) is 6.10 Å². The summed E-state index contributed by atoms with van der Waals surface area (Å²) in [6.07, 6.45) is 0.288. The normalized spacial score (nSPS) is 13.0. The average Bonchev–Trinajstić information content (AvgIpc) is 1.85. The van der Waals surface area contributed by atoms with Crippen molar-refractivity contribution in [1.29, 1.82) is 0 Å². The van der Waals surface area contributed by atoms with Crippen LogP contribution in [0.1, 0.15) is 12.6 Å². The molecule has 0 fully saturated rings. The molecule has 60 valence electrons. The Hall–Kier alpha value is -0.410. The minimum Gasteiger partial charge on any atom is -0.393 e. The maximum Gasteiger partial charge on any atom is 0.106 e. The Bertz CT molecular complexity index is 237. The number of aliphatic hydroxyl groups is 1. The lowest BCUT2D eigenvalue weighted by Crippen LogP contribution is -2.05. The molecule has 2 nitrogen and oxygen atoms in total. The molecular formula is C8H10BrNO. The van der Waals surface area contributed by atoms with Gasteiger partial charge in [-0.2, -0.15) is 0 Å². The molecule has 0 saturated carbocycles. The molecule has 0 bridgehead atoms. The van der Waals surface area contributed by atoms with Crippen LogP contribution in [0.5, 0.6) is 0 Å². The molecule has 0 amide bonds. The summed E-state index contributed by atoms with van der Waals surface area (Å²) in [6, 6.07) is 5.68. The van der Waals surface area contributed by atoms with E-state index in [2.05, 4.69) is 20.9 Å². The Morgan fingerprint density at radius 3 is 2.91 bits per heavy atom. The van der Waals surface area contributed by atoms with Crippen molar-refractivity contribution in [2.75, 3.05) is 0 Å². The van der Waals surface area contributed by atoms with Crippen molar-refractivity contribution in [3.63, 3.8) is 0 Å². The molecular weight excluding hydrogens is 206 g/mol. The summed E-state index contributed by atoms with van der Waals surface area (Å²) in [7, 11) is 0. The zero-order chi connectivity index (χ0) is 8.27. The molecule has 0 aliphatic heterocycles. The second-order valence-electron chi connectivity index (χ2n) is 2.50. The number of hydrogen-bond donors (Lipinski definition) is 1. The van der Waals surface area contributed by atoms with E-state index in [-0.39, 0.29) is 6.10 Å². The second-order valence-corrected chi connectivity index (χ2v) is 3.32. The number of aliphatic hydroxyl groups excluding tert-OH is 1. The van der Waals surface area contributed by atoms with E-state index >= 15 is 0 Å². The predicted molar refractivity (Wildman–Crippen MR) is 47.3 cm³/mol. The Morgan fingerprint density at radius 2 is 2.36 bits per heavy atom. The Labute approximate surface area is 74.4 Å². The van der Waals surface area contributed by atoms with Gasteiger partial charge in [0.15, 0.2) is 0 Å². The lowest BCUT2D eigenvalue weighted by Gasteiger charge is -2.02. The van der Waals surface area contributed by atoms with E-state index in [1.54, 1.807) is 6.92 Å². The van der Waals surface area contributed by atoms with Gasteiger partial charge in [-0.3, -0.25) is 0 Å². The first kappa shape index (κ1) is 8.68. The van der Waals surface area contributed by atoms with Gasteiger partial charge in [0, 0.05) is 12.1 Å². The second kappa shape index (κ2) is 3.83. The Morgan fingerprint density at radius 1 is 1.64 bits per heavy atom. The average molecular weight is 216 g/mol. The van der Waals surface area contributed by atoms with Crippen molar-refractivity contribution >= 4 is 15.9 Å². The zero-order valence-corrected chi connectivity index (χ0v) is 7.87. The lowest BCUT2D eigenvalue weighted by molar-refractivity contribution is 0.194. The largest absolute Gasteiger partial charge is 0.393 e. The number of pyridine rings is 1. The first-order valence-electron chi connectivity index (χ1n) is 3.48. The van der Waals surface area contributed by atoms with Crippen molar-refractivity contribution < 1.29 is 5.11 Å². The number of rotatable bonds is 2. The summed E-state index contributed by atoms with van der Waals surface area (Å²) < 4.78 is 0.815. The van der Waals surface area contributed by atoms with E-state index in [0.29, 0.717) is 6.42 Å². The van der Waals surface area contributed by atoms with Crippen LogP contribution in [0, 0.1) is 0 Å². The minimum absolute atomic E-state index is 0.322. The van der Waals surface area contributed by atoms with Gasteiger partial charge in [-0.15, -0.1) is 0 Å². The van der Waals surface area contributed by atoms with E-state index in [1.165, 1.54) is 0 Å². The van der Waals surface area contributed by atoms with Gasteiger partial charge in [0.2, 0.25) is 0 Å². The lowest BCUT2D eigenvalue weighted by atomic mass is 10.2. The highest BCUT2D eigenvalue weighted by atomic mass is 79.9. The van der Waals surface area contributed by atoms with Gasteiger partial charge in [-0.25, -0.2) is 4.98 Å². The van der Waals surface area contributed by atoms with Crippen molar-refractivity contribution in [2.45, 2.75) is 19.4 Å². The smallest absolute Gasteiger partial charge is 0.106 e. The van der Waals surface area contributed by atoms with Crippen LogP contribution in [-0.2, 0) is 6.42 Å². The molecule has 0 spiro atoms. The molecule has 3 heteroatoms. The van der Waals surface area contributed by atoms with E-state index < -0.39 is 0 Å². The van der Waals surface area contributed by atoms with Crippen LogP contribution < -0.4 is 0 Å². The molecule has 1 heterocycles. The third kappa shape index (κ3) is 2.99. The van der Waals surface area contributed by atoms with Crippen molar-refractivity contribution in [3.8, 4) is 0 Å². The summed E-state index contributed by atoms with van der Waals surface area (Å²) in [5.74, 6) is 0. The van der Waals surface area contributed by atoms with E-state index in [4.69, 9.17) is 5.11 Å². The van der Waals surface area contributed by atoms with Crippen LogP contribution >= 0.6 is 15.9 Å². The Kier molecular flexibility index (Phi) is 3.02. The van der Waals surface area contributed by atoms with Crippen LogP contribution in [0.4, 0.5) is 0 Å². The maximum atomic E-state index is 9.04. The Balaban J connectivity index is 2.71. The van der Waals surface area contributed by atoms with Gasteiger partial charge in [-0.1, -0.05) is 6.07 Å². The van der Waals surface area contributed by atoms with Crippen molar-refractivity contribution in [1.82, 2.24) is 4.98 Å². The van der Waals surface area contributed by atoms with Gasteiger partial charge in [0.25, 0.3) is 0 Å². The first-order chi connectivity index (χ1) is 5.18. The highest BCUT2D eigenvalue weighted by Crippen LogP contribution is 2.07. The zero-order valence-electron chi connectivity index (χ0n) is 6.29. The summed E-state index contributed by atoms with van der Waals surface area (Å²) in [6.45, 7) is 1.75. The summed E-state index contributed by atoms with van der Waals surface area (Å²) >= 11 is 3.26. The molecule has 0 aliphatic rings. The SMILES string of the molecule is C[C@@H](O)Cc1cccc(Br)n1. The van der Waals surface area contributed by atoms with Crippen LogP contribution in [0.25, 0.3) is 0 Å². The third-order valence-corrected chi connectivity index (χ3v) is 1.72. The number of hydrogen-bond acceptors (Lipinski definition) is 2. The molecule has 1 atom stereocenters. The number of halogens is 1. The first-order valence-corrected chi connectivity index (χ1v) is 4.27. The molecule has 11 heavy (non-hydrogen) atoms. The molecule has 1 rings (SSSR count). The standard InChI is InChI=1S/C8H10BrNO/c1-6(11)5-7-3-2-4-8(9)10-7/h2-4,6,11H,5H2,1H3/t6-/m1/s1. The van der Waals surface area contributed by atoms with Gasteiger partial charge < -0.3 is 5.11 Å². The molecule has 1 N–H and O–H groups in total. The molecule has 1 aromatic rings. The minimum atomic E-state index is -0.322. The summed E-state index contributed by atoms with van der Waals surface area (Å²) in [4.78, 5) is 4.17. The number of aromatic nitrogens is 1. The molecule has 0 unspecified atom stereocenters. The molecule has 0 aromatic carbocycles. The molecule has 0 radical (unpaired) electrons. The van der Waals surface area contributed by atoms with E-state index in [9.17, 15) is 0 Å². The summed E-state index contributed by atoms with van der Waals surface area (Å²) in [5, 5.41) is 9.04. The third-order valence-electron chi connectivity index (χ3n) is 1.28. The van der Waals surface area contributed by atoms with Crippen LogP contribution in [0.3, 0.4) is 0 Å². The van der Waals surface area contributed by atoms with Gasteiger partial charge >= 0.3 is 0 Å². The number of nitrogens with zero attached hydrogens (tertiary/aromatic N) is 1. The van der Waals surface area contributed by atoms with E-state index in [0.717, 1.165) is 10.3 Å². The fourth-order valence-electron chi connectivity index (χ4n) is 0.867. The fourth-order valence-corrected chi connectivity index (χ4v) is 1.25. The molecule has 1 aromatic heterocycles. The fraction of sp³-hybridized carbons (Fsp3) is 0.375. The topological polar surface area (TPSA) is 33.1 Å². The molecule has 0 saturated heterocycles. The van der Waals surface area contributed by atoms with Gasteiger partial charge in [0.1, 0.15) is 4.60 Å². The van der Waals surface area contributed by atoms with Crippen LogP contribution in [0.2, 0.25) is 0 Å². The van der Waals surface area contributed by atoms with Crippen LogP contribution in [0.15, 0.2) is 22.8 Å². The van der Waals surface area contributed by atoms with Crippen molar-refractivity contribution in [3.05, 3.63) is 28.5 Å². The maximum absolute atomic E-state index is 9.04. The van der Waals surface area contributed by atoms with Crippen LogP contribution in [-0.4, -0.2) is 16.2 Å². The van der Waals surface area contributed by atoms with Gasteiger partial charge in [-0.05, 0) is 35.0 Å². The predicted octanol–water partition coefficient (Wildman–Crippen LogP) is 1.77. The highest BCUT2D eigenvalue weighted by Gasteiger charge is 1.99. The summed E-state index contributed by atoms with van der Waals surface area (Å²) in [5.41, 5.74) is 0.911. The quantitative estimate of drug-likeness (QED) is 0.764. The monoisotopic (exact) mass is 215 g/mol. The highest BCUT2D eigenvalue weighted by molar-refractivity contribution is 9.10. The van der Waals surface area contributed by atoms with Crippen molar-refractivity contribution in [2.24, 2.45) is 0 Å².